The third-order valence-corrected chi connectivity index (χ3v) is 5.86. The van der Waals surface area contributed by atoms with E-state index in [1.165, 1.54) is 11.8 Å². The second-order valence-electron chi connectivity index (χ2n) is 6.27. The summed E-state index contributed by atoms with van der Waals surface area (Å²) in [5.41, 5.74) is 0.548. The van der Waals surface area contributed by atoms with Crippen LogP contribution >= 0.6 is 11.8 Å². The summed E-state index contributed by atoms with van der Waals surface area (Å²) in [4.78, 5) is 16.6. The minimum absolute atomic E-state index is 0.369. The first kappa shape index (κ1) is 17.0. The van der Waals surface area contributed by atoms with Gasteiger partial charge in [0.05, 0.1) is 6.20 Å². The largest absolute Gasteiger partial charge is 0.361 e. The van der Waals surface area contributed by atoms with Crippen LogP contribution in [-0.2, 0) is 11.5 Å². The first-order chi connectivity index (χ1) is 10.5. The Balaban J connectivity index is 2.02. The predicted octanol–water partition coefficient (Wildman–Crippen LogP) is 4.16. The first-order valence-corrected chi connectivity index (χ1v) is 11.8. The molecule has 118 valence electrons. The molecule has 2 rings (SSSR count). The Morgan fingerprint density at radius 3 is 2.64 bits per heavy atom. The van der Waals surface area contributed by atoms with Crippen molar-refractivity contribution in [1.29, 1.82) is 0 Å². The first-order valence-electron chi connectivity index (χ1n) is 7.31. The van der Waals surface area contributed by atoms with E-state index in [2.05, 4.69) is 24.6 Å². The minimum Gasteiger partial charge on any atom is -0.361 e. The van der Waals surface area contributed by atoms with Gasteiger partial charge in [-0.1, -0.05) is 49.6 Å². The molecule has 0 aliphatic carbocycles. The van der Waals surface area contributed by atoms with E-state index >= 15 is 0 Å². The molecule has 0 aliphatic rings. The highest BCUT2D eigenvalue weighted by molar-refractivity contribution is 7.99. The fourth-order valence-corrected chi connectivity index (χ4v) is 3.44. The molecule has 1 heterocycles. The second kappa shape index (κ2) is 7.76. The third-order valence-electron chi connectivity index (χ3n) is 3.14. The number of carbonyl (C=O) groups excluding carboxylic acids is 1. The fourth-order valence-electron chi connectivity index (χ4n) is 1.80. The van der Waals surface area contributed by atoms with Crippen LogP contribution in [0.5, 0.6) is 0 Å². The molecule has 0 saturated heterocycles. The number of imidazole rings is 1. The van der Waals surface area contributed by atoms with Crippen LogP contribution in [0.2, 0.25) is 25.7 Å². The van der Waals surface area contributed by atoms with E-state index < -0.39 is 8.07 Å². The Kier molecular flexibility index (Phi) is 5.99. The predicted molar refractivity (Wildman–Crippen MR) is 92.3 cm³/mol. The number of aromatic nitrogens is 2. The van der Waals surface area contributed by atoms with E-state index in [-0.39, 0.29) is 0 Å². The molecule has 6 heteroatoms. The van der Waals surface area contributed by atoms with Crippen LogP contribution < -0.4 is 0 Å². The Morgan fingerprint density at radius 2 is 2.00 bits per heavy atom. The molecule has 1 aromatic carbocycles. The van der Waals surface area contributed by atoms with Crippen molar-refractivity contribution < 1.29 is 9.53 Å². The van der Waals surface area contributed by atoms with E-state index in [1.54, 1.807) is 6.20 Å². The zero-order valence-electron chi connectivity index (χ0n) is 13.3. The van der Waals surface area contributed by atoms with Crippen LogP contribution in [0.3, 0.4) is 0 Å². The highest BCUT2D eigenvalue weighted by Crippen LogP contribution is 2.27. The molecule has 0 saturated carbocycles. The normalized spacial score (nSPS) is 11.6. The summed E-state index contributed by atoms with van der Waals surface area (Å²) >= 11 is 1.54. The molecule has 2 aromatic rings. The van der Waals surface area contributed by atoms with Crippen molar-refractivity contribution in [2.45, 2.75) is 42.5 Å². The molecule has 0 amide bonds. The molecule has 0 aliphatic heterocycles. The Hall–Kier alpha value is -1.37. The summed E-state index contributed by atoms with van der Waals surface area (Å²) in [6.07, 6.45) is 2.42. The standard InChI is InChI=1S/C16H22N2O2SSi/c1-22(2,3)10-9-20-13-18-14(12-19)11-17-16(18)21-15-7-5-4-6-8-15/h4-8,11-12H,9-10,13H2,1-3H3. The SMILES string of the molecule is C[Si](C)(C)CCOCn1c(C=O)cnc1Sc1ccccc1. The number of nitrogens with zero attached hydrogens (tertiary/aromatic N) is 2. The maximum atomic E-state index is 11.2. The van der Waals surface area contributed by atoms with Gasteiger partial charge in [-0.25, -0.2) is 4.98 Å². The van der Waals surface area contributed by atoms with E-state index in [1.807, 2.05) is 34.9 Å². The molecule has 0 spiro atoms. The molecule has 0 atom stereocenters. The van der Waals surface area contributed by atoms with Gasteiger partial charge in [0.1, 0.15) is 12.4 Å². The van der Waals surface area contributed by atoms with E-state index in [0.29, 0.717) is 12.4 Å². The van der Waals surface area contributed by atoms with Gasteiger partial charge in [-0.2, -0.15) is 0 Å². The minimum atomic E-state index is -1.10. The number of aldehydes is 1. The summed E-state index contributed by atoms with van der Waals surface area (Å²) in [5, 5.41) is 0.779. The molecule has 22 heavy (non-hydrogen) atoms. The summed E-state index contributed by atoms with van der Waals surface area (Å²) in [7, 11) is -1.10. The molecule has 0 N–H and O–H groups in total. The van der Waals surface area contributed by atoms with Crippen LogP contribution in [0, 0.1) is 0 Å². The number of hydrogen-bond acceptors (Lipinski definition) is 4. The molecule has 0 bridgehead atoms. The fraction of sp³-hybridized carbons (Fsp3) is 0.375. The van der Waals surface area contributed by atoms with Crippen molar-refractivity contribution in [1.82, 2.24) is 9.55 Å². The van der Waals surface area contributed by atoms with Crippen molar-refractivity contribution in [2.75, 3.05) is 6.61 Å². The van der Waals surface area contributed by atoms with Gasteiger partial charge in [0.2, 0.25) is 0 Å². The van der Waals surface area contributed by atoms with Gasteiger partial charge in [0.15, 0.2) is 11.4 Å². The van der Waals surface area contributed by atoms with Crippen molar-refractivity contribution in [3.8, 4) is 0 Å². The maximum absolute atomic E-state index is 11.2. The summed E-state index contributed by atoms with van der Waals surface area (Å²) < 4.78 is 7.59. The number of ether oxygens (including phenoxy) is 1. The number of rotatable bonds is 8. The Bertz CT molecular complexity index is 608. The third kappa shape index (κ3) is 5.12. The summed E-state index contributed by atoms with van der Waals surface area (Å²) in [6.45, 7) is 8.05. The highest BCUT2D eigenvalue weighted by atomic mass is 32.2. The van der Waals surface area contributed by atoms with Crippen LogP contribution in [-0.4, -0.2) is 30.5 Å². The highest BCUT2D eigenvalue weighted by Gasteiger charge is 2.14. The molecule has 0 fully saturated rings. The number of hydrogen-bond donors (Lipinski definition) is 0. The lowest BCUT2D eigenvalue weighted by atomic mass is 10.4. The van der Waals surface area contributed by atoms with E-state index in [0.717, 1.165) is 29.0 Å². The lowest BCUT2D eigenvalue weighted by Crippen LogP contribution is -2.22. The molecule has 0 unspecified atom stereocenters. The van der Waals surface area contributed by atoms with Gasteiger partial charge in [0, 0.05) is 19.6 Å². The van der Waals surface area contributed by atoms with Crippen LogP contribution in [0.25, 0.3) is 0 Å². The van der Waals surface area contributed by atoms with Gasteiger partial charge < -0.3 is 4.74 Å². The Morgan fingerprint density at radius 1 is 1.27 bits per heavy atom. The quantitative estimate of drug-likeness (QED) is 0.413. The van der Waals surface area contributed by atoms with Crippen LogP contribution in [0.1, 0.15) is 10.5 Å². The van der Waals surface area contributed by atoms with Crippen molar-refractivity contribution in [3.05, 3.63) is 42.2 Å². The Labute approximate surface area is 136 Å². The molecule has 0 radical (unpaired) electrons. The average molecular weight is 335 g/mol. The zero-order chi connectivity index (χ0) is 16.0. The van der Waals surface area contributed by atoms with Gasteiger partial charge in [-0.3, -0.25) is 9.36 Å². The lowest BCUT2D eigenvalue weighted by Gasteiger charge is -2.16. The maximum Gasteiger partial charge on any atom is 0.175 e. The molecular weight excluding hydrogens is 312 g/mol. The average Bonchev–Trinajstić information content (AvgIpc) is 2.86. The van der Waals surface area contributed by atoms with Crippen LogP contribution in [0.4, 0.5) is 0 Å². The second-order valence-corrected chi connectivity index (χ2v) is 12.9. The van der Waals surface area contributed by atoms with Crippen LogP contribution in [0.15, 0.2) is 46.6 Å². The molecular formula is C16H22N2O2SSi. The number of carbonyl (C=O) groups is 1. The van der Waals surface area contributed by atoms with Crippen molar-refractivity contribution >= 4 is 26.1 Å². The van der Waals surface area contributed by atoms with E-state index in [4.69, 9.17) is 4.74 Å². The zero-order valence-corrected chi connectivity index (χ0v) is 15.1. The topological polar surface area (TPSA) is 44.1 Å². The lowest BCUT2D eigenvalue weighted by molar-refractivity contribution is 0.0781. The van der Waals surface area contributed by atoms with Gasteiger partial charge in [0.25, 0.3) is 0 Å². The van der Waals surface area contributed by atoms with E-state index in [9.17, 15) is 4.79 Å². The monoisotopic (exact) mass is 334 g/mol. The summed E-state index contributed by atoms with van der Waals surface area (Å²) in [6, 6.07) is 11.1. The number of benzene rings is 1. The van der Waals surface area contributed by atoms with Gasteiger partial charge in [-0.15, -0.1) is 0 Å². The van der Waals surface area contributed by atoms with Crippen molar-refractivity contribution in [3.63, 3.8) is 0 Å². The van der Waals surface area contributed by atoms with Gasteiger partial charge >= 0.3 is 0 Å². The molecule has 4 nitrogen and oxygen atoms in total. The molecule has 1 aromatic heterocycles. The van der Waals surface area contributed by atoms with Crippen molar-refractivity contribution in [2.24, 2.45) is 0 Å². The smallest absolute Gasteiger partial charge is 0.175 e. The summed E-state index contributed by atoms with van der Waals surface area (Å²) in [5.74, 6) is 0. The van der Waals surface area contributed by atoms with Gasteiger partial charge in [-0.05, 0) is 18.2 Å².